The Morgan fingerprint density at radius 3 is 2.59 bits per heavy atom. The number of imidazole rings is 1. The molecule has 0 atom stereocenters. The number of ketones is 1. The lowest BCUT2D eigenvalue weighted by atomic mass is 10.0. The van der Waals surface area contributed by atoms with Crippen molar-refractivity contribution in [3.05, 3.63) is 123 Å². The Hall–Kier alpha value is -4.99. The van der Waals surface area contributed by atoms with Crippen LogP contribution in [0, 0.1) is 17.5 Å². The lowest BCUT2D eigenvalue weighted by Crippen LogP contribution is -2.26. The number of aromatic amines is 1. The van der Waals surface area contributed by atoms with Gasteiger partial charge in [-0.15, -0.1) is 0 Å². The van der Waals surface area contributed by atoms with Crippen LogP contribution in [0.4, 0.5) is 18.9 Å². The van der Waals surface area contributed by atoms with E-state index in [4.69, 9.17) is 0 Å². The number of hydrogen-bond donors (Lipinski definition) is 2. The summed E-state index contributed by atoms with van der Waals surface area (Å²) < 4.78 is 41.4. The van der Waals surface area contributed by atoms with Gasteiger partial charge in [0.25, 0.3) is 11.5 Å². The number of rotatable bonds is 8. The van der Waals surface area contributed by atoms with E-state index in [2.05, 4.69) is 15.3 Å². The maximum absolute atomic E-state index is 13.5. The van der Waals surface area contributed by atoms with Crippen molar-refractivity contribution in [3.8, 4) is 0 Å². The van der Waals surface area contributed by atoms with E-state index in [0.717, 1.165) is 27.8 Å². The van der Waals surface area contributed by atoms with Gasteiger partial charge in [-0.1, -0.05) is 24.3 Å². The number of aromatic nitrogens is 3. The largest absolute Gasteiger partial charge is 0.345 e. The van der Waals surface area contributed by atoms with Crippen molar-refractivity contribution in [2.45, 2.75) is 19.4 Å². The lowest BCUT2D eigenvalue weighted by Gasteiger charge is -2.08. The van der Waals surface area contributed by atoms with Crippen LogP contribution in [0.1, 0.15) is 45.7 Å². The van der Waals surface area contributed by atoms with Crippen LogP contribution in [0.25, 0.3) is 17.7 Å². The first-order valence-corrected chi connectivity index (χ1v) is 12.0. The molecule has 10 heteroatoms. The molecule has 0 spiro atoms. The van der Waals surface area contributed by atoms with Gasteiger partial charge in [0.2, 0.25) is 0 Å². The van der Waals surface area contributed by atoms with Gasteiger partial charge in [-0.25, -0.2) is 18.2 Å². The lowest BCUT2D eigenvalue weighted by molar-refractivity contribution is -0.110. The average Bonchev–Trinajstić information content (AvgIpc) is 3.53. The number of carbonyl (C=O) groups excluding carboxylic acids is 2. The first-order valence-electron chi connectivity index (χ1n) is 12.0. The molecule has 1 aliphatic rings. The number of anilines is 1. The summed E-state index contributed by atoms with van der Waals surface area (Å²) in [6, 6.07) is 10.0. The highest BCUT2D eigenvalue weighted by Crippen LogP contribution is 2.33. The van der Waals surface area contributed by atoms with Gasteiger partial charge in [0.05, 0.1) is 17.7 Å². The first kappa shape index (κ1) is 25.7. The summed E-state index contributed by atoms with van der Waals surface area (Å²) in [6.07, 6.45) is 10.4. The van der Waals surface area contributed by atoms with Gasteiger partial charge in [-0.2, -0.15) is 0 Å². The van der Waals surface area contributed by atoms with Crippen LogP contribution in [0.5, 0.6) is 0 Å². The Morgan fingerprint density at radius 2 is 1.85 bits per heavy atom. The molecule has 0 bridgehead atoms. The molecule has 4 aromatic rings. The van der Waals surface area contributed by atoms with E-state index in [1.165, 1.54) is 18.3 Å². The standard InChI is InChI=1S/C29H21F3N4O3/c30-22-12-18(13-23(31)27(22)32)16-36-11-3-5-20(29(36)39)25(37)6-2-1-4-17-7-8-19-21(15-26-33-9-10-34-26)28(38)35-24(19)14-17/h1,3-5,7-15H,2,6,16H2,(H,33,34)(H,35,38)/b4-1+,21-15-. The molecule has 2 aromatic carbocycles. The number of halogens is 3. The van der Waals surface area contributed by atoms with Crippen molar-refractivity contribution in [1.82, 2.24) is 14.5 Å². The number of carbonyl (C=O) groups is 2. The SMILES string of the molecule is O=C1Nc2cc(/C=C/CCC(=O)c3cccn(Cc4cc(F)c(F)c(F)c4)c3=O)ccc2/C1=C/c1ncc[nH]1. The molecule has 0 radical (unpaired) electrons. The van der Waals surface area contributed by atoms with E-state index in [1.807, 2.05) is 24.3 Å². The molecule has 0 saturated carbocycles. The maximum Gasteiger partial charge on any atom is 0.261 e. The minimum atomic E-state index is -1.58. The van der Waals surface area contributed by atoms with Crippen molar-refractivity contribution in [3.63, 3.8) is 0 Å². The van der Waals surface area contributed by atoms with Crippen molar-refractivity contribution in [1.29, 1.82) is 0 Å². The van der Waals surface area contributed by atoms with Crippen LogP contribution in [-0.4, -0.2) is 26.2 Å². The van der Waals surface area contributed by atoms with E-state index < -0.39 is 23.0 Å². The molecule has 0 unspecified atom stereocenters. The van der Waals surface area contributed by atoms with E-state index in [1.54, 1.807) is 24.5 Å². The summed E-state index contributed by atoms with van der Waals surface area (Å²) in [4.78, 5) is 44.9. The Balaban J connectivity index is 1.23. The fourth-order valence-electron chi connectivity index (χ4n) is 4.29. The Bertz CT molecular complexity index is 1680. The molecular weight excluding hydrogens is 509 g/mol. The quantitative estimate of drug-likeness (QED) is 0.186. The summed E-state index contributed by atoms with van der Waals surface area (Å²) in [5, 5.41) is 2.83. The molecule has 3 heterocycles. The van der Waals surface area contributed by atoms with Gasteiger partial charge in [0, 0.05) is 36.3 Å². The zero-order chi connectivity index (χ0) is 27.5. The van der Waals surface area contributed by atoms with Gasteiger partial charge in [-0.05, 0) is 54.0 Å². The van der Waals surface area contributed by atoms with E-state index in [-0.39, 0.29) is 35.8 Å². The summed E-state index contributed by atoms with van der Waals surface area (Å²) in [6.45, 7) is -0.221. The molecule has 1 amide bonds. The molecule has 7 nitrogen and oxygen atoms in total. The maximum atomic E-state index is 13.5. The van der Waals surface area contributed by atoms with E-state index in [9.17, 15) is 27.6 Å². The van der Waals surface area contributed by atoms with Crippen molar-refractivity contribution in [2.24, 2.45) is 0 Å². The van der Waals surface area contributed by atoms with Gasteiger partial charge < -0.3 is 14.9 Å². The third-order valence-electron chi connectivity index (χ3n) is 6.19. The Labute approximate surface area is 220 Å². The zero-order valence-corrected chi connectivity index (χ0v) is 20.4. The highest BCUT2D eigenvalue weighted by molar-refractivity contribution is 6.34. The summed E-state index contributed by atoms with van der Waals surface area (Å²) in [7, 11) is 0. The number of pyridine rings is 1. The van der Waals surface area contributed by atoms with Crippen LogP contribution >= 0.6 is 0 Å². The molecule has 5 rings (SSSR count). The predicted octanol–water partition coefficient (Wildman–Crippen LogP) is 5.21. The second kappa shape index (κ2) is 10.8. The van der Waals surface area contributed by atoms with E-state index >= 15 is 0 Å². The molecule has 196 valence electrons. The predicted molar refractivity (Wildman–Crippen MR) is 140 cm³/mol. The smallest absolute Gasteiger partial charge is 0.261 e. The van der Waals surface area contributed by atoms with Crippen LogP contribution in [0.2, 0.25) is 0 Å². The number of fused-ring (bicyclic) bond motifs is 1. The molecule has 0 saturated heterocycles. The monoisotopic (exact) mass is 530 g/mol. The topological polar surface area (TPSA) is 96.8 Å². The molecule has 0 fully saturated rings. The fraction of sp³-hybridized carbons (Fsp3) is 0.103. The van der Waals surface area contributed by atoms with Crippen LogP contribution < -0.4 is 10.9 Å². The molecule has 2 aromatic heterocycles. The number of Topliss-reactive ketones (excluding diaryl/α,β-unsaturated/α-hetero) is 1. The van der Waals surface area contributed by atoms with Crippen LogP contribution in [0.3, 0.4) is 0 Å². The van der Waals surface area contributed by atoms with Crippen molar-refractivity contribution >= 4 is 35.1 Å². The van der Waals surface area contributed by atoms with Gasteiger partial charge in [-0.3, -0.25) is 14.4 Å². The summed E-state index contributed by atoms with van der Waals surface area (Å²) in [5.74, 6) is -4.33. The second-order valence-corrected chi connectivity index (χ2v) is 8.88. The average molecular weight is 531 g/mol. The minimum Gasteiger partial charge on any atom is -0.345 e. The highest BCUT2D eigenvalue weighted by atomic mass is 19.2. The number of benzene rings is 2. The number of amides is 1. The minimum absolute atomic E-state index is 0.0509. The normalized spacial score (nSPS) is 13.7. The molecule has 1 aliphatic heterocycles. The van der Waals surface area contributed by atoms with Gasteiger partial charge in [0.1, 0.15) is 5.82 Å². The second-order valence-electron chi connectivity index (χ2n) is 8.88. The zero-order valence-electron chi connectivity index (χ0n) is 20.4. The molecule has 39 heavy (non-hydrogen) atoms. The number of hydrogen-bond acceptors (Lipinski definition) is 4. The fourth-order valence-corrected chi connectivity index (χ4v) is 4.29. The molecule has 2 N–H and O–H groups in total. The Morgan fingerprint density at radius 1 is 1.05 bits per heavy atom. The number of H-pyrrole nitrogens is 1. The van der Waals surface area contributed by atoms with Crippen molar-refractivity contribution < 1.29 is 22.8 Å². The number of nitrogens with one attached hydrogen (secondary N) is 2. The number of allylic oxidation sites excluding steroid dienone is 1. The Kier molecular flexibility index (Phi) is 7.09. The third kappa shape index (κ3) is 5.49. The van der Waals surface area contributed by atoms with E-state index in [0.29, 0.717) is 23.5 Å². The summed E-state index contributed by atoms with van der Waals surface area (Å²) >= 11 is 0. The van der Waals surface area contributed by atoms with Crippen LogP contribution in [-0.2, 0) is 11.3 Å². The number of nitrogens with zero attached hydrogens (tertiary/aromatic N) is 2. The molecular formula is C29H21F3N4O3. The molecule has 0 aliphatic carbocycles. The van der Waals surface area contributed by atoms with Gasteiger partial charge >= 0.3 is 0 Å². The van der Waals surface area contributed by atoms with Gasteiger partial charge in [0.15, 0.2) is 23.2 Å². The third-order valence-corrected chi connectivity index (χ3v) is 6.19. The highest BCUT2D eigenvalue weighted by Gasteiger charge is 2.24. The summed E-state index contributed by atoms with van der Waals surface area (Å²) in [5.41, 5.74) is 2.15. The van der Waals surface area contributed by atoms with Crippen molar-refractivity contribution in [2.75, 3.05) is 5.32 Å². The first-order chi connectivity index (χ1) is 18.8. The van der Waals surface area contributed by atoms with Crippen LogP contribution in [0.15, 0.2) is 71.9 Å².